The molecule has 1 saturated heterocycles. The first-order valence-electron chi connectivity index (χ1n) is 6.32. The molecule has 2 aromatic rings. The van der Waals surface area contributed by atoms with Crippen LogP contribution in [0.2, 0.25) is 0 Å². The zero-order valence-electron chi connectivity index (χ0n) is 10.3. The topological polar surface area (TPSA) is 30.3 Å². The molecule has 0 amide bonds. The molecule has 1 aliphatic rings. The number of rotatable bonds is 3. The van der Waals surface area contributed by atoms with Crippen molar-refractivity contribution in [1.82, 2.24) is 9.78 Å². The number of hydrogen-bond donors (Lipinski definition) is 0. The van der Waals surface area contributed by atoms with E-state index in [1.165, 1.54) is 5.56 Å². The van der Waals surface area contributed by atoms with Gasteiger partial charge in [-0.05, 0) is 5.56 Å². The van der Waals surface area contributed by atoms with E-state index in [0.29, 0.717) is 0 Å². The number of anilines is 1. The van der Waals surface area contributed by atoms with E-state index >= 15 is 0 Å². The van der Waals surface area contributed by atoms with Gasteiger partial charge in [0.15, 0.2) is 5.82 Å². The van der Waals surface area contributed by atoms with Crippen molar-refractivity contribution in [1.29, 1.82) is 0 Å². The molecule has 0 atom stereocenters. The van der Waals surface area contributed by atoms with Crippen molar-refractivity contribution in [3.63, 3.8) is 0 Å². The Balaban J connectivity index is 1.69. The zero-order valence-corrected chi connectivity index (χ0v) is 10.3. The zero-order chi connectivity index (χ0) is 12.2. The number of nitrogens with zero attached hydrogens (tertiary/aromatic N) is 3. The molecule has 1 aromatic heterocycles. The summed E-state index contributed by atoms with van der Waals surface area (Å²) in [7, 11) is 0. The molecule has 4 nitrogen and oxygen atoms in total. The van der Waals surface area contributed by atoms with Gasteiger partial charge in [-0.1, -0.05) is 30.3 Å². The summed E-state index contributed by atoms with van der Waals surface area (Å²) < 4.78 is 7.33. The van der Waals surface area contributed by atoms with Gasteiger partial charge in [0.25, 0.3) is 0 Å². The van der Waals surface area contributed by atoms with Crippen LogP contribution >= 0.6 is 0 Å². The van der Waals surface area contributed by atoms with Crippen LogP contribution in [-0.2, 0) is 11.3 Å². The Labute approximate surface area is 107 Å². The Morgan fingerprint density at radius 2 is 1.83 bits per heavy atom. The molecule has 18 heavy (non-hydrogen) atoms. The molecule has 4 heteroatoms. The van der Waals surface area contributed by atoms with E-state index in [4.69, 9.17) is 4.74 Å². The van der Waals surface area contributed by atoms with Crippen LogP contribution in [0.15, 0.2) is 42.6 Å². The van der Waals surface area contributed by atoms with Gasteiger partial charge in [0.05, 0.1) is 19.8 Å². The lowest BCUT2D eigenvalue weighted by molar-refractivity contribution is 0.122. The molecule has 0 spiro atoms. The number of hydrogen-bond acceptors (Lipinski definition) is 3. The first-order valence-corrected chi connectivity index (χ1v) is 6.32. The Morgan fingerprint density at radius 1 is 1.06 bits per heavy atom. The van der Waals surface area contributed by atoms with Gasteiger partial charge in [0, 0.05) is 25.4 Å². The molecule has 3 rings (SSSR count). The van der Waals surface area contributed by atoms with Crippen LogP contribution in [-0.4, -0.2) is 36.1 Å². The Bertz CT molecular complexity index is 489. The predicted octanol–water partition coefficient (Wildman–Crippen LogP) is 1.77. The van der Waals surface area contributed by atoms with Crippen molar-refractivity contribution in [2.75, 3.05) is 31.2 Å². The van der Waals surface area contributed by atoms with Crippen molar-refractivity contribution in [3.05, 3.63) is 48.2 Å². The average molecular weight is 243 g/mol. The Morgan fingerprint density at radius 3 is 2.61 bits per heavy atom. The average Bonchev–Trinajstić information content (AvgIpc) is 2.89. The summed E-state index contributed by atoms with van der Waals surface area (Å²) in [6.07, 6.45) is 2.04. The highest BCUT2D eigenvalue weighted by atomic mass is 16.5. The molecular weight excluding hydrogens is 226 g/mol. The standard InChI is InChI=1S/C14H17N3O/c1-2-4-13(5-3-1)12-17-7-6-14(15-17)16-8-10-18-11-9-16/h1-7H,8-12H2. The maximum Gasteiger partial charge on any atom is 0.150 e. The fourth-order valence-electron chi connectivity index (χ4n) is 2.17. The molecule has 0 aliphatic carbocycles. The summed E-state index contributed by atoms with van der Waals surface area (Å²) >= 11 is 0. The lowest BCUT2D eigenvalue weighted by Gasteiger charge is -2.26. The highest BCUT2D eigenvalue weighted by molar-refractivity contribution is 5.37. The SMILES string of the molecule is c1ccc(Cn2ccc(N3CCOCC3)n2)cc1. The second kappa shape index (κ2) is 5.23. The molecule has 2 heterocycles. The minimum atomic E-state index is 0.797. The molecule has 94 valence electrons. The van der Waals surface area contributed by atoms with Crippen LogP contribution in [0.1, 0.15) is 5.56 Å². The summed E-state index contributed by atoms with van der Waals surface area (Å²) in [4.78, 5) is 2.27. The van der Waals surface area contributed by atoms with Crippen molar-refractivity contribution in [2.45, 2.75) is 6.54 Å². The van der Waals surface area contributed by atoms with Gasteiger partial charge in [-0.25, -0.2) is 0 Å². The summed E-state index contributed by atoms with van der Waals surface area (Å²) in [6.45, 7) is 4.28. The summed E-state index contributed by atoms with van der Waals surface area (Å²) in [5, 5.41) is 4.62. The van der Waals surface area contributed by atoms with Crippen molar-refractivity contribution < 1.29 is 4.74 Å². The van der Waals surface area contributed by atoms with Crippen molar-refractivity contribution in [2.24, 2.45) is 0 Å². The molecule has 1 aromatic carbocycles. The summed E-state index contributed by atoms with van der Waals surface area (Å²) in [5.41, 5.74) is 1.27. The molecule has 0 bridgehead atoms. The number of ether oxygens (including phenoxy) is 1. The van der Waals surface area contributed by atoms with E-state index in [2.05, 4.69) is 40.3 Å². The smallest absolute Gasteiger partial charge is 0.150 e. The lowest BCUT2D eigenvalue weighted by atomic mass is 10.2. The van der Waals surface area contributed by atoms with Crippen LogP contribution in [0, 0.1) is 0 Å². The second-order valence-electron chi connectivity index (χ2n) is 4.46. The predicted molar refractivity (Wildman–Crippen MR) is 70.8 cm³/mol. The highest BCUT2D eigenvalue weighted by Crippen LogP contribution is 2.13. The minimum absolute atomic E-state index is 0.797. The third-order valence-electron chi connectivity index (χ3n) is 3.15. The molecule has 1 fully saturated rings. The van der Waals surface area contributed by atoms with Crippen LogP contribution < -0.4 is 4.90 Å². The normalized spacial score (nSPS) is 15.9. The van der Waals surface area contributed by atoms with E-state index in [-0.39, 0.29) is 0 Å². The quantitative estimate of drug-likeness (QED) is 0.823. The van der Waals surface area contributed by atoms with Gasteiger partial charge in [-0.2, -0.15) is 5.10 Å². The minimum Gasteiger partial charge on any atom is -0.378 e. The van der Waals surface area contributed by atoms with Crippen molar-refractivity contribution in [3.8, 4) is 0 Å². The highest BCUT2D eigenvalue weighted by Gasteiger charge is 2.13. The van der Waals surface area contributed by atoms with Crippen LogP contribution in [0.3, 0.4) is 0 Å². The van der Waals surface area contributed by atoms with Gasteiger partial charge < -0.3 is 9.64 Å². The fraction of sp³-hybridized carbons (Fsp3) is 0.357. The van der Waals surface area contributed by atoms with E-state index in [1.807, 2.05) is 16.9 Å². The number of aromatic nitrogens is 2. The monoisotopic (exact) mass is 243 g/mol. The third-order valence-corrected chi connectivity index (χ3v) is 3.15. The van der Waals surface area contributed by atoms with Gasteiger partial charge in [0.1, 0.15) is 0 Å². The summed E-state index contributed by atoms with van der Waals surface area (Å²) in [6, 6.07) is 12.5. The van der Waals surface area contributed by atoms with Crippen molar-refractivity contribution >= 4 is 5.82 Å². The molecular formula is C14H17N3O. The van der Waals surface area contributed by atoms with Crippen LogP contribution in [0.4, 0.5) is 5.82 Å². The van der Waals surface area contributed by atoms with Gasteiger partial charge in [0.2, 0.25) is 0 Å². The third kappa shape index (κ3) is 2.54. The van der Waals surface area contributed by atoms with Crippen LogP contribution in [0.5, 0.6) is 0 Å². The molecule has 0 unspecified atom stereocenters. The summed E-state index contributed by atoms with van der Waals surface area (Å²) in [5.74, 6) is 1.05. The molecule has 0 radical (unpaired) electrons. The van der Waals surface area contributed by atoms with Crippen LogP contribution in [0.25, 0.3) is 0 Å². The Kier molecular flexibility index (Phi) is 3.28. The van der Waals surface area contributed by atoms with Gasteiger partial charge in [-0.15, -0.1) is 0 Å². The van der Waals surface area contributed by atoms with E-state index < -0.39 is 0 Å². The second-order valence-corrected chi connectivity index (χ2v) is 4.46. The first kappa shape index (κ1) is 11.3. The lowest BCUT2D eigenvalue weighted by Crippen LogP contribution is -2.36. The van der Waals surface area contributed by atoms with E-state index in [0.717, 1.165) is 38.7 Å². The number of benzene rings is 1. The molecule has 0 saturated carbocycles. The maximum absolute atomic E-state index is 5.35. The maximum atomic E-state index is 5.35. The van der Waals surface area contributed by atoms with Gasteiger partial charge >= 0.3 is 0 Å². The van der Waals surface area contributed by atoms with E-state index in [9.17, 15) is 0 Å². The molecule has 0 N–H and O–H groups in total. The number of morpholine rings is 1. The molecule has 1 aliphatic heterocycles. The van der Waals surface area contributed by atoms with Gasteiger partial charge in [-0.3, -0.25) is 4.68 Å². The van der Waals surface area contributed by atoms with E-state index in [1.54, 1.807) is 0 Å². The largest absolute Gasteiger partial charge is 0.378 e. The fourth-order valence-corrected chi connectivity index (χ4v) is 2.17. The Hall–Kier alpha value is -1.81. The first-order chi connectivity index (χ1) is 8.92.